The highest BCUT2D eigenvalue weighted by molar-refractivity contribution is 5.94. The van der Waals surface area contributed by atoms with Crippen molar-refractivity contribution < 1.29 is 19.4 Å². The molecule has 1 fully saturated rings. The van der Waals surface area contributed by atoms with E-state index in [2.05, 4.69) is 0 Å². The van der Waals surface area contributed by atoms with E-state index in [1.807, 2.05) is 0 Å². The number of likely N-dealkylation sites (N-methyl/N-ethyl adjacent to an activating group) is 1. The van der Waals surface area contributed by atoms with Gasteiger partial charge in [0.15, 0.2) is 6.10 Å². The number of nitrogens with zero attached hydrogens (tertiary/aromatic N) is 2. The Kier molecular flexibility index (Phi) is 4.24. The maximum atomic E-state index is 11.9. The quantitative estimate of drug-likeness (QED) is 0.839. The van der Waals surface area contributed by atoms with Crippen molar-refractivity contribution in [1.82, 2.24) is 4.90 Å². The topological polar surface area (TPSA) is 70.1 Å². The molecule has 1 aromatic rings. The predicted molar refractivity (Wildman–Crippen MR) is 73.4 cm³/mol. The van der Waals surface area contributed by atoms with E-state index in [0.29, 0.717) is 24.3 Å². The van der Waals surface area contributed by atoms with E-state index in [9.17, 15) is 14.7 Å². The van der Waals surface area contributed by atoms with Crippen LogP contribution in [0.15, 0.2) is 24.3 Å². The Labute approximate surface area is 117 Å². The molecule has 2 rings (SSSR count). The molecule has 0 saturated carbocycles. The molecule has 0 aromatic heterocycles. The van der Waals surface area contributed by atoms with Crippen molar-refractivity contribution in [3.8, 4) is 0 Å². The van der Waals surface area contributed by atoms with E-state index in [-0.39, 0.29) is 12.6 Å². The van der Waals surface area contributed by atoms with E-state index in [1.165, 1.54) is 0 Å². The Morgan fingerprint density at radius 3 is 2.80 bits per heavy atom. The Morgan fingerprint density at radius 2 is 2.20 bits per heavy atom. The number of benzene rings is 1. The molecular formula is C14H18N2O4. The molecule has 0 radical (unpaired) electrons. The van der Waals surface area contributed by atoms with Crippen LogP contribution in [0.4, 0.5) is 10.5 Å². The first-order valence-corrected chi connectivity index (χ1v) is 6.52. The second-order valence-electron chi connectivity index (χ2n) is 4.61. The van der Waals surface area contributed by atoms with Crippen molar-refractivity contribution in [2.24, 2.45) is 0 Å². The number of esters is 1. The van der Waals surface area contributed by atoms with Gasteiger partial charge in [-0.25, -0.2) is 9.59 Å². The molecule has 1 aliphatic rings. The number of carbonyl (C=O) groups excluding carboxylic acids is 2. The van der Waals surface area contributed by atoms with Crippen LogP contribution in [-0.4, -0.2) is 48.8 Å². The van der Waals surface area contributed by atoms with Crippen LogP contribution in [-0.2, 0) is 9.53 Å². The lowest BCUT2D eigenvalue weighted by Gasteiger charge is -2.18. The van der Waals surface area contributed by atoms with Gasteiger partial charge in [0.05, 0.1) is 6.61 Å². The van der Waals surface area contributed by atoms with Crippen LogP contribution < -0.4 is 4.90 Å². The molecule has 20 heavy (non-hydrogen) atoms. The zero-order valence-electron chi connectivity index (χ0n) is 11.6. The molecule has 6 heteroatoms. The van der Waals surface area contributed by atoms with Crippen LogP contribution in [0, 0.1) is 0 Å². The summed E-state index contributed by atoms with van der Waals surface area (Å²) in [5.74, 6) is -0.686. The van der Waals surface area contributed by atoms with Gasteiger partial charge in [0.1, 0.15) is 0 Å². The van der Waals surface area contributed by atoms with Gasteiger partial charge in [0, 0.05) is 25.8 Å². The van der Waals surface area contributed by atoms with Crippen molar-refractivity contribution in [1.29, 1.82) is 0 Å². The van der Waals surface area contributed by atoms with Gasteiger partial charge in [-0.3, -0.25) is 4.90 Å². The molecule has 1 heterocycles. The highest BCUT2D eigenvalue weighted by Crippen LogP contribution is 2.24. The Bertz CT molecular complexity index is 518. The molecule has 1 aromatic carbocycles. The third kappa shape index (κ3) is 2.75. The number of hydrogen-bond donors (Lipinski definition) is 1. The van der Waals surface area contributed by atoms with Crippen LogP contribution in [0.25, 0.3) is 0 Å². The molecule has 1 aliphatic heterocycles. The third-order valence-electron chi connectivity index (χ3n) is 3.22. The van der Waals surface area contributed by atoms with Crippen molar-refractivity contribution in [3.63, 3.8) is 0 Å². The van der Waals surface area contributed by atoms with Crippen LogP contribution >= 0.6 is 0 Å². The van der Waals surface area contributed by atoms with E-state index in [4.69, 9.17) is 4.74 Å². The predicted octanol–water partition coefficient (Wildman–Crippen LogP) is 1.15. The Hall–Kier alpha value is -2.08. The van der Waals surface area contributed by atoms with E-state index < -0.39 is 12.1 Å². The van der Waals surface area contributed by atoms with Gasteiger partial charge < -0.3 is 14.7 Å². The maximum Gasteiger partial charge on any atom is 0.339 e. The minimum Gasteiger partial charge on any atom is -0.464 e. The highest BCUT2D eigenvalue weighted by Gasteiger charge is 2.27. The van der Waals surface area contributed by atoms with Gasteiger partial charge >= 0.3 is 12.0 Å². The molecule has 1 unspecified atom stereocenters. The molecule has 108 valence electrons. The monoisotopic (exact) mass is 278 g/mol. The highest BCUT2D eigenvalue weighted by atomic mass is 16.5. The number of anilines is 1. The fourth-order valence-corrected chi connectivity index (χ4v) is 2.11. The summed E-state index contributed by atoms with van der Waals surface area (Å²) in [6.07, 6.45) is -1.33. The van der Waals surface area contributed by atoms with Gasteiger partial charge in [-0.2, -0.15) is 0 Å². The first-order valence-electron chi connectivity index (χ1n) is 6.52. The molecule has 0 aliphatic carbocycles. The van der Waals surface area contributed by atoms with Gasteiger partial charge in [0.2, 0.25) is 0 Å². The first-order chi connectivity index (χ1) is 9.54. The fraction of sp³-hybridized carbons (Fsp3) is 0.429. The summed E-state index contributed by atoms with van der Waals surface area (Å²) >= 11 is 0. The minimum absolute atomic E-state index is 0.0900. The summed E-state index contributed by atoms with van der Waals surface area (Å²) in [5, 5.41) is 9.92. The SMILES string of the molecule is CCOC(=O)C(O)c1cccc(N2CCN(C)C2=O)c1. The summed E-state index contributed by atoms with van der Waals surface area (Å²) in [5.41, 5.74) is 1.09. The number of hydrogen-bond acceptors (Lipinski definition) is 4. The molecule has 1 N–H and O–H groups in total. The zero-order chi connectivity index (χ0) is 14.7. The van der Waals surface area contributed by atoms with Crippen LogP contribution in [0.3, 0.4) is 0 Å². The summed E-state index contributed by atoms with van der Waals surface area (Å²) in [7, 11) is 1.74. The summed E-state index contributed by atoms with van der Waals surface area (Å²) in [6.45, 7) is 3.14. The lowest BCUT2D eigenvalue weighted by atomic mass is 10.1. The average molecular weight is 278 g/mol. The second kappa shape index (κ2) is 5.92. The number of aliphatic hydroxyl groups is 1. The van der Waals surface area contributed by atoms with Crippen molar-refractivity contribution >= 4 is 17.7 Å². The molecule has 2 amide bonds. The third-order valence-corrected chi connectivity index (χ3v) is 3.22. The first kappa shape index (κ1) is 14.3. The Balaban J connectivity index is 2.20. The Morgan fingerprint density at radius 1 is 1.45 bits per heavy atom. The summed E-state index contributed by atoms with van der Waals surface area (Å²) in [6, 6.07) is 6.67. The second-order valence-corrected chi connectivity index (χ2v) is 4.61. The summed E-state index contributed by atoms with van der Waals surface area (Å²) in [4.78, 5) is 26.7. The number of rotatable bonds is 4. The molecule has 1 atom stereocenters. The molecule has 6 nitrogen and oxygen atoms in total. The van der Waals surface area contributed by atoms with Gasteiger partial charge in [0.25, 0.3) is 0 Å². The van der Waals surface area contributed by atoms with E-state index >= 15 is 0 Å². The lowest BCUT2D eigenvalue weighted by Crippen LogP contribution is -2.29. The number of ether oxygens (including phenoxy) is 1. The molecule has 0 bridgehead atoms. The van der Waals surface area contributed by atoms with E-state index in [0.717, 1.165) is 0 Å². The molecule has 0 spiro atoms. The van der Waals surface area contributed by atoms with Gasteiger partial charge in [-0.1, -0.05) is 12.1 Å². The average Bonchev–Trinajstić information content (AvgIpc) is 2.78. The largest absolute Gasteiger partial charge is 0.464 e. The van der Waals surface area contributed by atoms with Crippen LogP contribution in [0.1, 0.15) is 18.6 Å². The molecular weight excluding hydrogens is 260 g/mol. The number of urea groups is 1. The standard InChI is InChI=1S/C14H18N2O4/c1-3-20-13(18)12(17)10-5-4-6-11(9-10)16-8-7-15(2)14(16)19/h4-6,9,12,17H,3,7-8H2,1-2H3. The fourth-order valence-electron chi connectivity index (χ4n) is 2.11. The maximum absolute atomic E-state index is 11.9. The zero-order valence-corrected chi connectivity index (χ0v) is 11.6. The minimum atomic E-state index is -1.33. The van der Waals surface area contributed by atoms with Crippen LogP contribution in [0.5, 0.6) is 0 Å². The smallest absolute Gasteiger partial charge is 0.339 e. The number of carbonyl (C=O) groups is 2. The van der Waals surface area contributed by atoms with Gasteiger partial charge in [-0.05, 0) is 24.6 Å². The lowest BCUT2D eigenvalue weighted by molar-refractivity contribution is -0.153. The van der Waals surface area contributed by atoms with E-state index in [1.54, 1.807) is 48.0 Å². The van der Waals surface area contributed by atoms with Gasteiger partial charge in [-0.15, -0.1) is 0 Å². The summed E-state index contributed by atoms with van der Waals surface area (Å²) < 4.78 is 4.78. The molecule has 1 saturated heterocycles. The van der Waals surface area contributed by atoms with Crippen LogP contribution in [0.2, 0.25) is 0 Å². The normalized spacial score (nSPS) is 16.4. The number of aliphatic hydroxyl groups excluding tert-OH is 1. The number of amides is 2. The van der Waals surface area contributed by atoms with Crippen molar-refractivity contribution in [2.75, 3.05) is 31.6 Å². The van der Waals surface area contributed by atoms with Crippen molar-refractivity contribution in [2.45, 2.75) is 13.0 Å². The van der Waals surface area contributed by atoms with Crippen molar-refractivity contribution in [3.05, 3.63) is 29.8 Å².